The minimum absolute atomic E-state index is 0.524. The van der Waals surface area contributed by atoms with Crippen molar-refractivity contribution in [3.8, 4) is 0 Å². The van der Waals surface area contributed by atoms with Gasteiger partial charge in [-0.1, -0.05) is 0 Å². The minimum Gasteiger partial charge on any atom is -0.305 e. The van der Waals surface area contributed by atoms with Crippen molar-refractivity contribution in [2.24, 2.45) is 0 Å². The highest BCUT2D eigenvalue weighted by atomic mass is 16.2. The first-order valence-electron chi connectivity index (χ1n) is 2.07. The number of rotatable bonds is 0. The molecule has 42 valence electrons. The molecule has 0 aliphatic heterocycles. The Morgan fingerprint density at radius 2 is 2.12 bits per heavy atom. The molecule has 0 aromatic carbocycles. The van der Waals surface area contributed by atoms with E-state index in [-0.39, 0.29) is 0 Å². The zero-order valence-electron chi connectivity index (χ0n) is 3.97. The maximum atomic E-state index is 10.3. The fourth-order valence-electron chi connectivity index (χ4n) is 0.362. The molecule has 0 amide bonds. The quantitative estimate of drug-likeness (QED) is 0.425. The number of aromatic nitrogens is 2. The maximum absolute atomic E-state index is 10.3. The molecule has 1 aromatic heterocycles. The summed E-state index contributed by atoms with van der Waals surface area (Å²) in [5, 5.41) is 4.47. The number of hydrogen-bond donors (Lipinski definition) is 2. The monoisotopic (exact) mass is 112 g/mol. The molecule has 0 atom stereocenters. The Morgan fingerprint density at radius 3 is 2.50 bits per heavy atom. The van der Waals surface area contributed by atoms with Crippen molar-refractivity contribution in [3.05, 3.63) is 32.8 Å². The molecule has 0 aliphatic carbocycles. The Kier molecular flexibility index (Phi) is 0.997. The van der Waals surface area contributed by atoms with E-state index in [0.29, 0.717) is 0 Å². The van der Waals surface area contributed by atoms with Crippen molar-refractivity contribution < 1.29 is 0 Å². The molecule has 0 bridgehead atoms. The molecule has 2 N–H and O–H groups in total. The van der Waals surface area contributed by atoms with Crippen LogP contribution in [0.1, 0.15) is 0 Å². The largest absolute Gasteiger partial charge is 0.310 e. The predicted octanol–water partition coefficient (Wildman–Crippen LogP) is -0.937. The van der Waals surface area contributed by atoms with Gasteiger partial charge >= 0.3 is 5.56 Å². The molecule has 1 aromatic rings. The highest BCUT2D eigenvalue weighted by Gasteiger charge is 1.83. The molecule has 0 radical (unpaired) electrons. The number of nitrogens with one attached hydrogen (secondary N) is 2. The molecule has 4 nitrogen and oxygen atoms in total. The Hall–Kier alpha value is -1.32. The van der Waals surface area contributed by atoms with E-state index in [9.17, 15) is 9.59 Å². The molecular formula is C4H4N2O2. The second kappa shape index (κ2) is 1.65. The van der Waals surface area contributed by atoms with Crippen molar-refractivity contribution in [2.75, 3.05) is 0 Å². The van der Waals surface area contributed by atoms with E-state index in [4.69, 9.17) is 0 Å². The zero-order chi connectivity index (χ0) is 5.98. The summed E-state index contributed by atoms with van der Waals surface area (Å²) >= 11 is 0. The maximum Gasteiger partial charge on any atom is 0.310 e. The fraction of sp³-hybridized carbons (Fsp3) is 0. The summed E-state index contributed by atoms with van der Waals surface area (Å²) in [5.41, 5.74) is -1.14. The second-order valence-electron chi connectivity index (χ2n) is 1.30. The van der Waals surface area contributed by atoms with E-state index in [1.807, 2.05) is 0 Å². The second-order valence-corrected chi connectivity index (χ2v) is 1.30. The Labute approximate surface area is 44.2 Å². The van der Waals surface area contributed by atoms with Crippen molar-refractivity contribution in [1.82, 2.24) is 10.2 Å². The molecule has 0 aliphatic rings. The third-order valence-electron chi connectivity index (χ3n) is 0.728. The first-order valence-corrected chi connectivity index (χ1v) is 2.07. The van der Waals surface area contributed by atoms with Crippen LogP contribution in [0.5, 0.6) is 0 Å². The summed E-state index contributed by atoms with van der Waals surface area (Å²) in [7, 11) is 0. The average molecular weight is 112 g/mol. The lowest BCUT2D eigenvalue weighted by Crippen LogP contribution is -2.25. The van der Waals surface area contributed by atoms with Crippen LogP contribution in [0.15, 0.2) is 21.9 Å². The van der Waals surface area contributed by atoms with Crippen LogP contribution in [0.3, 0.4) is 0 Å². The van der Waals surface area contributed by atoms with Gasteiger partial charge in [-0.25, -0.2) is 0 Å². The molecule has 0 unspecified atom stereocenters. The van der Waals surface area contributed by atoms with Gasteiger partial charge < -0.3 is 5.10 Å². The number of aromatic amines is 2. The summed E-state index contributed by atoms with van der Waals surface area (Å²) in [6.07, 6.45) is 1.36. The van der Waals surface area contributed by atoms with Crippen LogP contribution in [0.25, 0.3) is 0 Å². The minimum atomic E-state index is -0.618. The summed E-state index contributed by atoms with van der Waals surface area (Å²) in [6.45, 7) is 0. The van der Waals surface area contributed by atoms with Crippen LogP contribution >= 0.6 is 0 Å². The molecule has 0 spiro atoms. The van der Waals surface area contributed by atoms with Crippen LogP contribution in [0, 0.1) is 0 Å². The molecule has 8 heavy (non-hydrogen) atoms. The average Bonchev–Trinajstić information content (AvgIpc) is 1.77. The van der Waals surface area contributed by atoms with Crippen LogP contribution in [0.4, 0.5) is 0 Å². The van der Waals surface area contributed by atoms with Crippen LogP contribution in [-0.4, -0.2) is 10.2 Å². The van der Waals surface area contributed by atoms with Crippen LogP contribution in [-0.2, 0) is 0 Å². The van der Waals surface area contributed by atoms with E-state index >= 15 is 0 Å². The Bertz CT molecular complexity index is 243. The van der Waals surface area contributed by atoms with Crippen molar-refractivity contribution in [1.29, 1.82) is 0 Å². The SMILES string of the molecule is O=c1cc[nH][nH]c1=O. The van der Waals surface area contributed by atoms with E-state index in [1.54, 1.807) is 0 Å². The van der Waals surface area contributed by atoms with Gasteiger partial charge in [0.25, 0.3) is 0 Å². The molecular weight excluding hydrogens is 108 g/mol. The van der Waals surface area contributed by atoms with Gasteiger partial charge in [-0.15, -0.1) is 0 Å². The molecule has 1 rings (SSSR count). The molecule has 0 fully saturated rings. The van der Waals surface area contributed by atoms with E-state index in [1.165, 1.54) is 12.3 Å². The number of hydrogen-bond acceptors (Lipinski definition) is 2. The first kappa shape index (κ1) is 4.83. The van der Waals surface area contributed by atoms with Crippen LogP contribution < -0.4 is 11.0 Å². The third kappa shape index (κ3) is 0.676. The molecule has 4 heteroatoms. The topological polar surface area (TPSA) is 65.7 Å². The van der Waals surface area contributed by atoms with Gasteiger partial charge in [-0.2, -0.15) is 0 Å². The van der Waals surface area contributed by atoms with Gasteiger partial charge in [0.2, 0.25) is 5.43 Å². The fourth-order valence-corrected chi connectivity index (χ4v) is 0.362. The third-order valence-corrected chi connectivity index (χ3v) is 0.728. The molecule has 0 saturated heterocycles. The lowest BCUT2D eigenvalue weighted by Gasteiger charge is -1.76. The van der Waals surface area contributed by atoms with Crippen molar-refractivity contribution in [3.63, 3.8) is 0 Å². The van der Waals surface area contributed by atoms with E-state index in [2.05, 4.69) is 10.2 Å². The lowest BCUT2D eigenvalue weighted by atomic mass is 10.6. The first-order chi connectivity index (χ1) is 3.80. The number of H-pyrrole nitrogens is 2. The van der Waals surface area contributed by atoms with Crippen molar-refractivity contribution >= 4 is 0 Å². The zero-order valence-corrected chi connectivity index (χ0v) is 3.97. The van der Waals surface area contributed by atoms with Gasteiger partial charge in [0.1, 0.15) is 0 Å². The Morgan fingerprint density at radius 1 is 1.38 bits per heavy atom. The lowest BCUT2D eigenvalue weighted by molar-refractivity contribution is 0.972. The van der Waals surface area contributed by atoms with Crippen molar-refractivity contribution in [2.45, 2.75) is 0 Å². The molecule has 1 heterocycles. The standard InChI is InChI=1S/C4H4N2O2/c7-3-1-2-5-6-4(3)8/h1-2H,(H,5,7)(H,6,8). The van der Waals surface area contributed by atoms with Gasteiger partial charge in [-0.05, 0) is 0 Å². The predicted molar refractivity (Wildman–Crippen MR) is 27.7 cm³/mol. The van der Waals surface area contributed by atoms with Gasteiger partial charge in [0, 0.05) is 12.3 Å². The van der Waals surface area contributed by atoms with Gasteiger partial charge in [0.05, 0.1) is 0 Å². The van der Waals surface area contributed by atoms with E-state index < -0.39 is 11.0 Å². The summed E-state index contributed by atoms with van der Waals surface area (Å²) < 4.78 is 0. The Balaban J connectivity index is 3.59. The van der Waals surface area contributed by atoms with E-state index in [0.717, 1.165) is 0 Å². The molecule has 0 saturated carbocycles. The summed E-state index contributed by atoms with van der Waals surface area (Å²) in [6, 6.07) is 1.17. The summed E-state index contributed by atoms with van der Waals surface area (Å²) in [5.74, 6) is 0. The highest BCUT2D eigenvalue weighted by molar-refractivity contribution is 4.83. The summed E-state index contributed by atoms with van der Waals surface area (Å²) in [4.78, 5) is 20.5. The highest BCUT2D eigenvalue weighted by Crippen LogP contribution is 1.51. The smallest absolute Gasteiger partial charge is 0.305 e. The van der Waals surface area contributed by atoms with Crippen LogP contribution in [0.2, 0.25) is 0 Å². The van der Waals surface area contributed by atoms with Gasteiger partial charge in [-0.3, -0.25) is 14.7 Å². The van der Waals surface area contributed by atoms with Gasteiger partial charge in [0.15, 0.2) is 0 Å². The normalized spacial score (nSPS) is 9.00.